The number of aliphatic hydroxyl groups is 1. The van der Waals surface area contributed by atoms with Crippen LogP contribution in [0.4, 0.5) is 0 Å². The van der Waals surface area contributed by atoms with Gasteiger partial charge in [-0.2, -0.15) is 5.10 Å². The summed E-state index contributed by atoms with van der Waals surface area (Å²) in [5.74, 6) is 0.810. The van der Waals surface area contributed by atoms with Gasteiger partial charge in [0, 0.05) is 13.0 Å². The second kappa shape index (κ2) is 6.72. The molecule has 0 aliphatic carbocycles. The van der Waals surface area contributed by atoms with Crippen LogP contribution < -0.4 is 0 Å². The van der Waals surface area contributed by atoms with Gasteiger partial charge in [0.1, 0.15) is 12.2 Å². The standard InChI is InChI=1S/C12H19N5OS/c1-3-5-9-12(19-16-15-9)10(18)7-11-13-8-14-17(11)6-4-2/h8,10,18H,3-7H2,1-2H3. The summed E-state index contributed by atoms with van der Waals surface area (Å²) in [6, 6.07) is 0. The van der Waals surface area contributed by atoms with Gasteiger partial charge in [-0.1, -0.05) is 24.8 Å². The van der Waals surface area contributed by atoms with E-state index in [4.69, 9.17) is 0 Å². The van der Waals surface area contributed by atoms with Crippen molar-refractivity contribution in [2.45, 2.75) is 52.2 Å². The predicted octanol–water partition coefficient (Wildman–Crippen LogP) is 1.77. The normalized spacial score (nSPS) is 12.8. The van der Waals surface area contributed by atoms with Crippen LogP contribution in [0.5, 0.6) is 0 Å². The van der Waals surface area contributed by atoms with E-state index in [2.05, 4.69) is 33.5 Å². The molecule has 0 aliphatic rings. The molecule has 2 aromatic heterocycles. The maximum Gasteiger partial charge on any atom is 0.138 e. The van der Waals surface area contributed by atoms with Crippen LogP contribution in [0.3, 0.4) is 0 Å². The lowest BCUT2D eigenvalue weighted by molar-refractivity contribution is 0.176. The molecule has 1 unspecified atom stereocenters. The summed E-state index contributed by atoms with van der Waals surface area (Å²) in [7, 11) is 0. The minimum atomic E-state index is -0.596. The topological polar surface area (TPSA) is 76.7 Å². The summed E-state index contributed by atoms with van der Waals surface area (Å²) in [5, 5.41) is 18.6. The van der Waals surface area contributed by atoms with E-state index in [-0.39, 0.29) is 0 Å². The molecule has 0 fully saturated rings. The first-order valence-electron chi connectivity index (χ1n) is 6.62. The van der Waals surface area contributed by atoms with Crippen molar-refractivity contribution < 1.29 is 5.11 Å². The monoisotopic (exact) mass is 281 g/mol. The molecule has 1 N–H and O–H groups in total. The maximum absolute atomic E-state index is 10.3. The number of hydrogen-bond acceptors (Lipinski definition) is 6. The molecule has 0 aromatic carbocycles. The molecule has 2 rings (SSSR count). The van der Waals surface area contributed by atoms with Crippen LogP contribution in [0.25, 0.3) is 0 Å². The molecule has 0 bridgehead atoms. The third kappa shape index (κ3) is 3.36. The van der Waals surface area contributed by atoms with E-state index in [1.807, 2.05) is 4.68 Å². The van der Waals surface area contributed by atoms with Crippen molar-refractivity contribution in [2.75, 3.05) is 0 Å². The van der Waals surface area contributed by atoms with Crippen LogP contribution in [0.1, 0.15) is 49.2 Å². The Hall–Kier alpha value is -1.34. The molecular formula is C12H19N5OS. The molecular weight excluding hydrogens is 262 g/mol. The van der Waals surface area contributed by atoms with Crippen molar-refractivity contribution in [3.63, 3.8) is 0 Å². The van der Waals surface area contributed by atoms with Gasteiger partial charge >= 0.3 is 0 Å². The average molecular weight is 281 g/mol. The zero-order valence-corrected chi connectivity index (χ0v) is 12.1. The highest BCUT2D eigenvalue weighted by Crippen LogP contribution is 2.24. The number of aromatic nitrogens is 5. The number of aliphatic hydroxyl groups excluding tert-OH is 1. The lowest BCUT2D eigenvalue weighted by Gasteiger charge is -2.10. The number of nitrogens with zero attached hydrogens (tertiary/aromatic N) is 5. The molecule has 0 amide bonds. The van der Waals surface area contributed by atoms with Crippen molar-refractivity contribution in [2.24, 2.45) is 0 Å². The Labute approximate surface area is 116 Å². The van der Waals surface area contributed by atoms with Crippen molar-refractivity contribution in [3.8, 4) is 0 Å². The van der Waals surface area contributed by atoms with Crippen LogP contribution in [0.2, 0.25) is 0 Å². The van der Waals surface area contributed by atoms with Gasteiger partial charge in [-0.15, -0.1) is 5.10 Å². The second-order valence-corrected chi connectivity index (χ2v) is 5.24. The highest BCUT2D eigenvalue weighted by Gasteiger charge is 2.19. The largest absolute Gasteiger partial charge is 0.387 e. The van der Waals surface area contributed by atoms with E-state index >= 15 is 0 Å². The molecule has 0 radical (unpaired) electrons. The third-order valence-corrected chi connectivity index (χ3v) is 3.75. The van der Waals surface area contributed by atoms with Crippen molar-refractivity contribution in [1.29, 1.82) is 0 Å². The fourth-order valence-corrected chi connectivity index (χ4v) is 2.67. The van der Waals surface area contributed by atoms with Gasteiger partial charge in [0.15, 0.2) is 0 Å². The van der Waals surface area contributed by atoms with Gasteiger partial charge in [-0.3, -0.25) is 4.68 Å². The van der Waals surface area contributed by atoms with Gasteiger partial charge < -0.3 is 5.11 Å². The van der Waals surface area contributed by atoms with Crippen LogP contribution >= 0.6 is 11.5 Å². The van der Waals surface area contributed by atoms with E-state index in [1.54, 1.807) is 0 Å². The molecule has 2 aromatic rings. The molecule has 0 spiro atoms. The van der Waals surface area contributed by atoms with Crippen LogP contribution in [0, 0.1) is 0 Å². The van der Waals surface area contributed by atoms with E-state index in [9.17, 15) is 5.11 Å². The van der Waals surface area contributed by atoms with E-state index in [1.165, 1.54) is 17.9 Å². The Balaban J connectivity index is 2.09. The van der Waals surface area contributed by atoms with Crippen LogP contribution in [0.15, 0.2) is 6.33 Å². The average Bonchev–Trinajstić information content (AvgIpc) is 3.00. The van der Waals surface area contributed by atoms with E-state index in [0.717, 1.165) is 42.2 Å². The van der Waals surface area contributed by atoms with Gasteiger partial charge in [-0.25, -0.2) is 4.98 Å². The molecule has 7 heteroatoms. The first kappa shape index (κ1) is 14.1. The molecule has 6 nitrogen and oxygen atoms in total. The summed E-state index contributed by atoms with van der Waals surface area (Å²) in [5.41, 5.74) is 0.904. The Bertz CT molecular complexity index is 510. The summed E-state index contributed by atoms with van der Waals surface area (Å²) in [6.45, 7) is 5.01. The maximum atomic E-state index is 10.3. The first-order valence-corrected chi connectivity index (χ1v) is 7.39. The quantitative estimate of drug-likeness (QED) is 0.837. The minimum Gasteiger partial charge on any atom is -0.387 e. The Morgan fingerprint density at radius 1 is 1.37 bits per heavy atom. The Kier molecular flexibility index (Phi) is 4.98. The second-order valence-electron chi connectivity index (χ2n) is 4.45. The van der Waals surface area contributed by atoms with E-state index in [0.29, 0.717) is 6.42 Å². The lowest BCUT2D eigenvalue weighted by atomic mass is 10.1. The number of hydrogen-bond donors (Lipinski definition) is 1. The molecule has 0 saturated heterocycles. The summed E-state index contributed by atoms with van der Waals surface area (Å²) in [4.78, 5) is 5.07. The van der Waals surface area contributed by atoms with Gasteiger partial charge in [0.05, 0.1) is 16.7 Å². The Morgan fingerprint density at radius 3 is 2.95 bits per heavy atom. The fraction of sp³-hybridized carbons (Fsp3) is 0.667. The first-order chi connectivity index (χ1) is 9.26. The summed E-state index contributed by atoms with van der Waals surface area (Å²) in [6.07, 6.45) is 4.24. The highest BCUT2D eigenvalue weighted by atomic mass is 32.1. The fourth-order valence-electron chi connectivity index (χ4n) is 1.99. The van der Waals surface area contributed by atoms with Crippen molar-refractivity contribution >= 4 is 11.5 Å². The van der Waals surface area contributed by atoms with Gasteiger partial charge in [0.25, 0.3) is 0 Å². The third-order valence-electron chi connectivity index (χ3n) is 2.88. The molecule has 1 atom stereocenters. The van der Waals surface area contributed by atoms with Gasteiger partial charge in [-0.05, 0) is 24.4 Å². The summed E-state index contributed by atoms with van der Waals surface area (Å²) < 4.78 is 5.78. The van der Waals surface area contributed by atoms with Crippen molar-refractivity contribution in [1.82, 2.24) is 24.4 Å². The number of rotatable bonds is 7. The lowest BCUT2D eigenvalue weighted by Crippen LogP contribution is -2.10. The zero-order valence-electron chi connectivity index (χ0n) is 11.3. The molecule has 2 heterocycles. The molecule has 0 aliphatic heterocycles. The van der Waals surface area contributed by atoms with Crippen molar-refractivity contribution in [3.05, 3.63) is 22.7 Å². The van der Waals surface area contributed by atoms with Gasteiger partial charge in [0.2, 0.25) is 0 Å². The smallest absolute Gasteiger partial charge is 0.138 e. The molecule has 19 heavy (non-hydrogen) atoms. The number of aryl methyl sites for hydroxylation is 2. The van der Waals surface area contributed by atoms with E-state index < -0.39 is 6.10 Å². The van der Waals surface area contributed by atoms with Crippen LogP contribution in [-0.2, 0) is 19.4 Å². The SMILES string of the molecule is CCCc1nnsc1C(O)Cc1ncnn1CCC. The summed E-state index contributed by atoms with van der Waals surface area (Å²) >= 11 is 1.27. The zero-order chi connectivity index (χ0) is 13.7. The van der Waals surface area contributed by atoms with Crippen LogP contribution in [-0.4, -0.2) is 29.5 Å². The minimum absolute atomic E-state index is 0.459. The predicted molar refractivity (Wildman–Crippen MR) is 72.9 cm³/mol. The molecule has 0 saturated carbocycles. The molecule has 104 valence electrons. The Morgan fingerprint density at radius 2 is 2.21 bits per heavy atom. The highest BCUT2D eigenvalue weighted by molar-refractivity contribution is 7.05.